The Labute approximate surface area is 150 Å². The van der Waals surface area contributed by atoms with Gasteiger partial charge in [-0.05, 0) is 24.6 Å². The van der Waals surface area contributed by atoms with Crippen molar-refractivity contribution in [1.82, 2.24) is 10.3 Å². The van der Waals surface area contributed by atoms with Gasteiger partial charge in [0.15, 0.2) is 19.7 Å². The van der Waals surface area contributed by atoms with Gasteiger partial charge in [-0.1, -0.05) is 11.6 Å². The normalized spacial score (nSPS) is 20.3. The number of benzene rings is 1. The topological polar surface area (TPSA) is 144 Å². The van der Waals surface area contributed by atoms with Gasteiger partial charge in [0.25, 0.3) is 10.0 Å². The van der Waals surface area contributed by atoms with Gasteiger partial charge >= 0.3 is 0 Å². The monoisotopic (exact) mass is 430 g/mol. The molecule has 0 bridgehead atoms. The molecule has 0 spiro atoms. The van der Waals surface area contributed by atoms with Crippen LogP contribution in [0.15, 0.2) is 28.0 Å². The minimum atomic E-state index is -4.35. The molecule has 2 N–H and O–H groups in total. The fourth-order valence-electron chi connectivity index (χ4n) is 2.20. The van der Waals surface area contributed by atoms with Gasteiger partial charge in [0.1, 0.15) is 4.90 Å². The number of sulfone groups is 2. The van der Waals surface area contributed by atoms with Crippen molar-refractivity contribution in [2.24, 2.45) is 5.92 Å². The van der Waals surface area contributed by atoms with Gasteiger partial charge in [-0.2, -0.15) is 0 Å². The Kier molecular flexibility index (Phi) is 5.50. The van der Waals surface area contributed by atoms with Crippen molar-refractivity contribution in [2.45, 2.75) is 16.2 Å². The quantitative estimate of drug-likeness (QED) is 0.598. The third-order valence-corrected chi connectivity index (χ3v) is 8.14. The van der Waals surface area contributed by atoms with Crippen molar-refractivity contribution in [2.75, 3.05) is 17.8 Å². The molecular formula is C12H15ClN2O7S3. The van der Waals surface area contributed by atoms with Crippen LogP contribution in [-0.4, -0.2) is 48.9 Å². The number of amides is 1. The first-order chi connectivity index (χ1) is 11.3. The van der Waals surface area contributed by atoms with Gasteiger partial charge in [0, 0.05) is 6.26 Å². The fourth-order valence-corrected chi connectivity index (χ4v) is 6.03. The second-order valence-electron chi connectivity index (χ2n) is 5.56. The van der Waals surface area contributed by atoms with Gasteiger partial charge in [0.2, 0.25) is 5.91 Å². The standard InChI is InChI=1S/C12H15ClN2O7S3/c1-23(17,18)9-2-3-10(13)11(6-9)25(21,22)15-14-12(16)8-4-5-24(19,20)7-8/h2-3,6,8,15H,4-5,7H2,1H3,(H,14,16). The molecule has 1 heterocycles. The van der Waals surface area contributed by atoms with E-state index >= 15 is 0 Å². The second-order valence-corrected chi connectivity index (χ2v) is 11.9. The number of hydrogen-bond donors (Lipinski definition) is 2. The van der Waals surface area contributed by atoms with Gasteiger partial charge < -0.3 is 0 Å². The minimum Gasteiger partial charge on any atom is -0.277 e. The maximum absolute atomic E-state index is 12.3. The predicted molar refractivity (Wildman–Crippen MR) is 89.8 cm³/mol. The van der Waals surface area contributed by atoms with E-state index in [4.69, 9.17) is 11.6 Å². The molecule has 1 unspecified atom stereocenters. The summed E-state index contributed by atoms with van der Waals surface area (Å²) < 4.78 is 70.3. The zero-order chi connectivity index (χ0) is 19.0. The number of hydrogen-bond acceptors (Lipinski definition) is 7. The molecule has 0 aliphatic carbocycles. The molecule has 2 rings (SSSR count). The van der Waals surface area contributed by atoms with E-state index < -0.39 is 46.4 Å². The first-order valence-electron chi connectivity index (χ1n) is 6.83. The van der Waals surface area contributed by atoms with Crippen LogP contribution in [0.4, 0.5) is 0 Å². The molecule has 25 heavy (non-hydrogen) atoms. The molecule has 1 amide bonds. The number of hydrazine groups is 1. The summed E-state index contributed by atoms with van der Waals surface area (Å²) in [6, 6.07) is 3.13. The highest BCUT2D eigenvalue weighted by Gasteiger charge is 2.33. The number of carbonyl (C=O) groups excluding carboxylic acids is 1. The van der Waals surface area contributed by atoms with E-state index in [1.807, 2.05) is 5.43 Å². The summed E-state index contributed by atoms with van der Waals surface area (Å²) in [5.41, 5.74) is 1.94. The lowest BCUT2D eigenvalue weighted by molar-refractivity contribution is -0.124. The van der Waals surface area contributed by atoms with E-state index in [0.717, 1.165) is 24.5 Å². The van der Waals surface area contributed by atoms with Crippen LogP contribution in [0.5, 0.6) is 0 Å². The zero-order valence-electron chi connectivity index (χ0n) is 12.9. The van der Waals surface area contributed by atoms with Crippen molar-refractivity contribution >= 4 is 47.2 Å². The van der Waals surface area contributed by atoms with Crippen LogP contribution in [0.3, 0.4) is 0 Å². The Morgan fingerprint density at radius 2 is 1.88 bits per heavy atom. The molecule has 1 aromatic carbocycles. The van der Waals surface area contributed by atoms with Gasteiger partial charge in [0.05, 0.1) is 27.3 Å². The molecule has 1 aliphatic rings. The molecule has 140 valence electrons. The summed E-state index contributed by atoms with van der Waals surface area (Å²) in [5.74, 6) is -2.14. The van der Waals surface area contributed by atoms with Crippen LogP contribution >= 0.6 is 11.6 Å². The van der Waals surface area contributed by atoms with Crippen LogP contribution in [0.2, 0.25) is 5.02 Å². The van der Waals surface area contributed by atoms with E-state index in [-0.39, 0.29) is 27.8 Å². The van der Waals surface area contributed by atoms with Crippen LogP contribution < -0.4 is 10.3 Å². The Morgan fingerprint density at radius 1 is 1.24 bits per heavy atom. The highest BCUT2D eigenvalue weighted by Crippen LogP contribution is 2.24. The summed E-state index contributed by atoms with van der Waals surface area (Å²) in [6.07, 6.45) is 1.00. The number of halogens is 1. The molecule has 1 atom stereocenters. The number of carbonyl (C=O) groups is 1. The lowest BCUT2D eigenvalue weighted by Crippen LogP contribution is -2.44. The summed E-state index contributed by atoms with van der Waals surface area (Å²) in [4.78, 5) is 12.9. The Bertz CT molecular complexity index is 1020. The number of rotatable bonds is 5. The maximum atomic E-state index is 12.3. The smallest absolute Gasteiger partial charge is 0.258 e. The average Bonchev–Trinajstić information content (AvgIpc) is 2.84. The van der Waals surface area contributed by atoms with Crippen molar-refractivity contribution in [1.29, 1.82) is 0 Å². The Morgan fingerprint density at radius 3 is 2.40 bits per heavy atom. The molecule has 1 aromatic rings. The van der Waals surface area contributed by atoms with Crippen LogP contribution in [0.1, 0.15) is 6.42 Å². The molecule has 1 saturated heterocycles. The summed E-state index contributed by atoms with van der Waals surface area (Å²) in [7, 11) is -11.3. The van der Waals surface area contributed by atoms with E-state index in [1.54, 1.807) is 4.83 Å². The third kappa shape index (κ3) is 4.91. The van der Waals surface area contributed by atoms with Gasteiger partial charge in [-0.25, -0.2) is 25.3 Å². The third-order valence-electron chi connectivity index (χ3n) is 3.53. The Hall–Kier alpha value is -1.21. The maximum Gasteiger partial charge on any atom is 0.258 e. The lowest BCUT2D eigenvalue weighted by Gasteiger charge is -2.12. The summed E-state index contributed by atoms with van der Waals surface area (Å²) in [6.45, 7) is 0. The van der Waals surface area contributed by atoms with Crippen LogP contribution in [0.25, 0.3) is 0 Å². The molecule has 0 saturated carbocycles. The lowest BCUT2D eigenvalue weighted by atomic mass is 10.1. The number of nitrogens with one attached hydrogen (secondary N) is 2. The van der Waals surface area contributed by atoms with E-state index in [1.165, 1.54) is 0 Å². The molecular weight excluding hydrogens is 416 g/mol. The summed E-state index contributed by atoms with van der Waals surface area (Å²) >= 11 is 5.80. The molecule has 1 fully saturated rings. The molecule has 9 nitrogen and oxygen atoms in total. The van der Waals surface area contributed by atoms with Crippen LogP contribution in [0, 0.1) is 5.92 Å². The molecule has 13 heteroatoms. The minimum absolute atomic E-state index is 0.0974. The highest BCUT2D eigenvalue weighted by atomic mass is 35.5. The zero-order valence-corrected chi connectivity index (χ0v) is 16.1. The van der Waals surface area contributed by atoms with Crippen molar-refractivity contribution in [3.05, 3.63) is 23.2 Å². The highest BCUT2D eigenvalue weighted by molar-refractivity contribution is 7.91. The molecule has 1 aliphatic heterocycles. The van der Waals surface area contributed by atoms with Crippen LogP contribution in [-0.2, 0) is 34.5 Å². The van der Waals surface area contributed by atoms with Crippen molar-refractivity contribution < 1.29 is 30.0 Å². The first-order valence-corrected chi connectivity index (χ1v) is 12.4. The molecule has 0 radical (unpaired) electrons. The van der Waals surface area contributed by atoms with Crippen molar-refractivity contribution in [3.63, 3.8) is 0 Å². The predicted octanol–water partition coefficient (Wildman–Crippen LogP) is -0.512. The second kappa shape index (κ2) is 6.83. The van der Waals surface area contributed by atoms with E-state index in [9.17, 15) is 30.0 Å². The van der Waals surface area contributed by atoms with E-state index in [0.29, 0.717) is 0 Å². The first kappa shape index (κ1) is 20.1. The molecule has 0 aromatic heterocycles. The summed E-state index contributed by atoms with van der Waals surface area (Å²) in [5, 5.41) is -0.238. The SMILES string of the molecule is CS(=O)(=O)c1ccc(Cl)c(S(=O)(=O)NNC(=O)C2CCS(=O)(=O)C2)c1. The Balaban J connectivity index is 2.18. The average molecular weight is 431 g/mol. The van der Waals surface area contributed by atoms with E-state index in [2.05, 4.69) is 0 Å². The van der Waals surface area contributed by atoms with Gasteiger partial charge in [-0.3, -0.25) is 10.2 Å². The number of sulfonamides is 1. The van der Waals surface area contributed by atoms with Gasteiger partial charge in [-0.15, -0.1) is 4.83 Å². The van der Waals surface area contributed by atoms with Crippen molar-refractivity contribution in [3.8, 4) is 0 Å². The fraction of sp³-hybridized carbons (Fsp3) is 0.417. The largest absolute Gasteiger partial charge is 0.277 e.